The highest BCUT2D eigenvalue weighted by Crippen LogP contribution is 2.20. The van der Waals surface area contributed by atoms with E-state index in [0.29, 0.717) is 6.54 Å². The third-order valence-electron chi connectivity index (χ3n) is 3.60. The normalized spacial score (nSPS) is 11.2. The molecule has 1 aromatic carbocycles. The second-order valence-corrected chi connectivity index (χ2v) is 5.03. The number of carbonyl (C=O) groups excluding carboxylic acids is 1. The molecular formula is C14H21N3O3. The number of carbonyl (C=O) groups is 1. The first-order valence-electron chi connectivity index (χ1n) is 6.65. The molecule has 0 bridgehead atoms. The van der Waals surface area contributed by atoms with Crippen LogP contribution in [0.5, 0.6) is 0 Å². The minimum absolute atomic E-state index is 0.0737. The molecule has 0 saturated heterocycles. The standard InChI is InChI=1S/C14H21N3O3/c1-4-14(15,5-2)9-16-13(18)11-8-10(3)6-7-12(11)17(19)20/h6-8H,4-5,9,15H2,1-3H3,(H,16,18). The molecule has 20 heavy (non-hydrogen) atoms. The average molecular weight is 279 g/mol. The van der Waals surface area contributed by atoms with E-state index in [1.807, 2.05) is 13.8 Å². The van der Waals surface area contributed by atoms with E-state index < -0.39 is 16.4 Å². The third-order valence-corrected chi connectivity index (χ3v) is 3.60. The lowest BCUT2D eigenvalue weighted by Gasteiger charge is -2.26. The van der Waals surface area contributed by atoms with Gasteiger partial charge >= 0.3 is 0 Å². The van der Waals surface area contributed by atoms with E-state index in [-0.39, 0.29) is 11.3 Å². The van der Waals surface area contributed by atoms with E-state index in [1.165, 1.54) is 12.1 Å². The van der Waals surface area contributed by atoms with E-state index in [1.54, 1.807) is 13.0 Å². The van der Waals surface area contributed by atoms with Crippen LogP contribution in [0, 0.1) is 17.0 Å². The van der Waals surface area contributed by atoms with Crippen molar-refractivity contribution in [1.82, 2.24) is 5.32 Å². The van der Waals surface area contributed by atoms with Gasteiger partial charge in [0.15, 0.2) is 0 Å². The predicted octanol–water partition coefficient (Wildman–Crippen LogP) is 2.15. The molecule has 6 nitrogen and oxygen atoms in total. The van der Waals surface area contributed by atoms with Gasteiger partial charge in [0.25, 0.3) is 11.6 Å². The minimum atomic E-state index is -0.552. The molecule has 0 aliphatic heterocycles. The summed E-state index contributed by atoms with van der Waals surface area (Å²) in [6, 6.07) is 4.48. The summed E-state index contributed by atoms with van der Waals surface area (Å²) in [6.07, 6.45) is 1.44. The maximum Gasteiger partial charge on any atom is 0.282 e. The Kier molecular flexibility index (Phi) is 5.21. The summed E-state index contributed by atoms with van der Waals surface area (Å²) in [7, 11) is 0. The lowest BCUT2D eigenvalue weighted by Crippen LogP contribution is -2.49. The van der Waals surface area contributed by atoms with Gasteiger partial charge in [-0.15, -0.1) is 0 Å². The molecule has 0 aliphatic carbocycles. The fourth-order valence-corrected chi connectivity index (χ4v) is 1.84. The zero-order valence-corrected chi connectivity index (χ0v) is 12.1. The number of nitrogens with one attached hydrogen (secondary N) is 1. The van der Waals surface area contributed by atoms with Crippen LogP contribution in [0.4, 0.5) is 5.69 Å². The molecular weight excluding hydrogens is 258 g/mol. The Bertz CT molecular complexity index is 510. The van der Waals surface area contributed by atoms with Crippen molar-refractivity contribution >= 4 is 11.6 Å². The Morgan fingerprint density at radius 1 is 1.40 bits per heavy atom. The summed E-state index contributed by atoms with van der Waals surface area (Å²) >= 11 is 0. The minimum Gasteiger partial charge on any atom is -0.350 e. The second kappa shape index (κ2) is 6.47. The lowest BCUT2D eigenvalue weighted by atomic mass is 9.94. The van der Waals surface area contributed by atoms with Crippen molar-refractivity contribution in [3.8, 4) is 0 Å². The zero-order chi connectivity index (χ0) is 15.3. The Morgan fingerprint density at radius 2 is 2.00 bits per heavy atom. The van der Waals surface area contributed by atoms with Crippen molar-refractivity contribution in [1.29, 1.82) is 0 Å². The van der Waals surface area contributed by atoms with Gasteiger partial charge in [-0.05, 0) is 31.4 Å². The van der Waals surface area contributed by atoms with Crippen molar-refractivity contribution in [2.24, 2.45) is 5.73 Å². The Labute approximate surface area is 118 Å². The fourth-order valence-electron chi connectivity index (χ4n) is 1.84. The molecule has 0 spiro atoms. The van der Waals surface area contributed by atoms with Gasteiger partial charge in [-0.25, -0.2) is 0 Å². The van der Waals surface area contributed by atoms with E-state index in [0.717, 1.165) is 18.4 Å². The molecule has 0 heterocycles. The molecule has 0 aliphatic rings. The summed E-state index contributed by atoms with van der Waals surface area (Å²) in [5.74, 6) is -0.461. The first-order chi connectivity index (χ1) is 9.33. The predicted molar refractivity (Wildman–Crippen MR) is 77.7 cm³/mol. The Balaban J connectivity index is 2.93. The van der Waals surface area contributed by atoms with E-state index in [9.17, 15) is 14.9 Å². The van der Waals surface area contributed by atoms with Gasteiger partial charge in [-0.1, -0.05) is 19.9 Å². The first-order valence-corrected chi connectivity index (χ1v) is 6.65. The maximum atomic E-state index is 12.1. The van der Waals surface area contributed by atoms with Crippen LogP contribution >= 0.6 is 0 Å². The molecule has 110 valence electrons. The quantitative estimate of drug-likeness (QED) is 0.615. The number of nitro groups is 1. The van der Waals surface area contributed by atoms with Gasteiger partial charge in [0, 0.05) is 18.2 Å². The van der Waals surface area contributed by atoms with Crippen LogP contribution in [0.2, 0.25) is 0 Å². The van der Waals surface area contributed by atoms with Gasteiger partial charge < -0.3 is 11.1 Å². The number of rotatable bonds is 6. The van der Waals surface area contributed by atoms with Gasteiger partial charge in [0.2, 0.25) is 0 Å². The van der Waals surface area contributed by atoms with E-state index in [4.69, 9.17) is 5.73 Å². The highest BCUT2D eigenvalue weighted by Gasteiger charge is 2.24. The molecule has 0 saturated carbocycles. The van der Waals surface area contributed by atoms with Crippen LogP contribution in [-0.2, 0) is 0 Å². The zero-order valence-electron chi connectivity index (χ0n) is 12.1. The molecule has 1 amide bonds. The van der Waals surface area contributed by atoms with Crippen LogP contribution in [0.3, 0.4) is 0 Å². The molecule has 6 heteroatoms. The van der Waals surface area contributed by atoms with Crippen LogP contribution in [0.1, 0.15) is 42.6 Å². The van der Waals surface area contributed by atoms with Crippen LogP contribution in [0.15, 0.2) is 18.2 Å². The number of aryl methyl sites for hydroxylation is 1. The molecule has 1 rings (SSSR count). The van der Waals surface area contributed by atoms with Crippen molar-refractivity contribution in [3.63, 3.8) is 0 Å². The SMILES string of the molecule is CCC(N)(CC)CNC(=O)c1cc(C)ccc1[N+](=O)[O-]. The average Bonchev–Trinajstić information content (AvgIpc) is 2.43. The Hall–Kier alpha value is -1.95. The smallest absolute Gasteiger partial charge is 0.282 e. The lowest BCUT2D eigenvalue weighted by molar-refractivity contribution is -0.385. The Morgan fingerprint density at radius 3 is 2.50 bits per heavy atom. The molecule has 0 fully saturated rings. The van der Waals surface area contributed by atoms with Crippen LogP contribution in [-0.4, -0.2) is 22.9 Å². The largest absolute Gasteiger partial charge is 0.350 e. The summed E-state index contributed by atoms with van der Waals surface area (Å²) in [5.41, 5.74) is 6.30. The molecule has 1 aromatic rings. The van der Waals surface area contributed by atoms with E-state index >= 15 is 0 Å². The number of benzene rings is 1. The number of amides is 1. The monoisotopic (exact) mass is 279 g/mol. The topological polar surface area (TPSA) is 98.3 Å². The molecule has 0 aromatic heterocycles. The van der Waals surface area contributed by atoms with Crippen LogP contribution in [0.25, 0.3) is 0 Å². The molecule has 0 unspecified atom stereocenters. The third kappa shape index (κ3) is 3.77. The highest BCUT2D eigenvalue weighted by molar-refractivity contribution is 5.98. The van der Waals surface area contributed by atoms with E-state index in [2.05, 4.69) is 5.32 Å². The number of hydrogen-bond donors (Lipinski definition) is 2. The summed E-state index contributed by atoms with van der Waals surface area (Å²) in [4.78, 5) is 22.5. The maximum absolute atomic E-state index is 12.1. The van der Waals surface area contributed by atoms with Crippen LogP contribution < -0.4 is 11.1 Å². The first kappa shape index (κ1) is 16.1. The van der Waals surface area contributed by atoms with Crippen molar-refractivity contribution in [2.75, 3.05) is 6.54 Å². The number of nitrogens with zero attached hydrogens (tertiary/aromatic N) is 1. The van der Waals surface area contributed by atoms with Gasteiger partial charge in [-0.3, -0.25) is 14.9 Å². The van der Waals surface area contributed by atoms with Crippen molar-refractivity contribution < 1.29 is 9.72 Å². The van der Waals surface area contributed by atoms with Crippen molar-refractivity contribution in [2.45, 2.75) is 39.2 Å². The summed E-state index contributed by atoms with van der Waals surface area (Å²) in [5, 5.41) is 13.6. The molecule has 0 atom stereocenters. The summed E-state index contributed by atoms with van der Waals surface area (Å²) in [6.45, 7) is 5.98. The van der Waals surface area contributed by atoms with Gasteiger partial charge in [-0.2, -0.15) is 0 Å². The second-order valence-electron chi connectivity index (χ2n) is 5.03. The highest BCUT2D eigenvalue weighted by atomic mass is 16.6. The molecule has 0 radical (unpaired) electrons. The fraction of sp³-hybridized carbons (Fsp3) is 0.500. The molecule has 3 N–H and O–H groups in total. The number of nitro benzene ring substituents is 1. The summed E-state index contributed by atoms with van der Waals surface area (Å²) < 4.78 is 0. The number of nitrogens with two attached hydrogens (primary N) is 1. The van der Waals surface area contributed by atoms with Gasteiger partial charge in [0.1, 0.15) is 5.56 Å². The van der Waals surface area contributed by atoms with Gasteiger partial charge in [0.05, 0.1) is 4.92 Å². The van der Waals surface area contributed by atoms with Crippen molar-refractivity contribution in [3.05, 3.63) is 39.4 Å². The number of hydrogen-bond acceptors (Lipinski definition) is 4.